The van der Waals surface area contributed by atoms with Crippen molar-refractivity contribution in [3.8, 4) is 0 Å². The summed E-state index contributed by atoms with van der Waals surface area (Å²) in [6, 6.07) is 9.15. The summed E-state index contributed by atoms with van der Waals surface area (Å²) in [6.45, 7) is 2.43. The van der Waals surface area contributed by atoms with E-state index in [-0.39, 0.29) is 6.04 Å². The minimum absolute atomic E-state index is 0.0828. The summed E-state index contributed by atoms with van der Waals surface area (Å²) >= 11 is 0. The number of aromatic nitrogens is 1. The molecule has 0 aliphatic rings. The van der Waals surface area contributed by atoms with Crippen LogP contribution in [0.5, 0.6) is 0 Å². The third kappa shape index (κ3) is 2.41. The first-order valence-electron chi connectivity index (χ1n) is 5.78. The Morgan fingerprint density at radius 3 is 2.83 bits per heavy atom. The van der Waals surface area contributed by atoms with Gasteiger partial charge >= 0.3 is 0 Å². The molecule has 1 aromatic carbocycles. The number of rotatable bonds is 4. The van der Waals surface area contributed by atoms with E-state index in [0.29, 0.717) is 17.9 Å². The molecule has 0 radical (unpaired) electrons. The largest absolute Gasteiger partial charge is 0.366 e. The predicted molar refractivity (Wildman–Crippen MR) is 72.4 cm³/mol. The number of carbonyl (C=O) groups excluding carboxylic acids is 1. The molecule has 5 heteroatoms. The fraction of sp³-hybridized carbons (Fsp3) is 0.231. The van der Waals surface area contributed by atoms with Crippen LogP contribution in [0.1, 0.15) is 17.3 Å². The lowest BCUT2D eigenvalue weighted by atomic mass is 10.1. The van der Waals surface area contributed by atoms with Crippen molar-refractivity contribution in [3.05, 3.63) is 35.9 Å². The second-order valence-corrected chi connectivity index (χ2v) is 4.22. The first-order chi connectivity index (χ1) is 8.61. The van der Waals surface area contributed by atoms with Gasteiger partial charge in [0.2, 0.25) is 5.91 Å². The molecule has 1 unspecified atom stereocenters. The summed E-state index contributed by atoms with van der Waals surface area (Å²) in [5.41, 5.74) is 12.1. The molecule has 5 N–H and O–H groups in total. The SMILES string of the molecule is CC(CN)Nc1cc(C(N)=O)c2ccccc2n1. The Labute approximate surface area is 105 Å². The van der Waals surface area contributed by atoms with Crippen molar-refractivity contribution < 1.29 is 4.79 Å². The minimum atomic E-state index is -0.461. The molecule has 0 aliphatic carbocycles. The van der Waals surface area contributed by atoms with Crippen LogP contribution in [0.2, 0.25) is 0 Å². The molecule has 2 rings (SSSR count). The van der Waals surface area contributed by atoms with E-state index in [1.54, 1.807) is 6.07 Å². The summed E-state index contributed by atoms with van der Waals surface area (Å²) in [4.78, 5) is 15.9. The third-order valence-corrected chi connectivity index (χ3v) is 2.73. The zero-order valence-electron chi connectivity index (χ0n) is 10.2. The molecule has 1 aromatic heterocycles. The van der Waals surface area contributed by atoms with Crippen molar-refractivity contribution in [2.75, 3.05) is 11.9 Å². The van der Waals surface area contributed by atoms with E-state index in [0.717, 1.165) is 10.9 Å². The van der Waals surface area contributed by atoms with Crippen LogP contribution in [-0.4, -0.2) is 23.5 Å². The molecule has 0 spiro atoms. The zero-order chi connectivity index (χ0) is 13.1. The highest BCUT2D eigenvalue weighted by Gasteiger charge is 2.10. The van der Waals surface area contributed by atoms with E-state index in [9.17, 15) is 4.79 Å². The van der Waals surface area contributed by atoms with E-state index in [4.69, 9.17) is 11.5 Å². The Kier molecular flexibility index (Phi) is 3.43. The van der Waals surface area contributed by atoms with E-state index in [1.807, 2.05) is 31.2 Å². The van der Waals surface area contributed by atoms with Gasteiger partial charge in [0.1, 0.15) is 5.82 Å². The summed E-state index contributed by atoms with van der Waals surface area (Å²) < 4.78 is 0. The molecule has 5 nitrogen and oxygen atoms in total. The van der Waals surface area contributed by atoms with Crippen molar-refractivity contribution in [1.29, 1.82) is 0 Å². The summed E-state index contributed by atoms with van der Waals surface area (Å²) in [6.07, 6.45) is 0. The Bertz CT molecular complexity index is 582. The number of primary amides is 1. The van der Waals surface area contributed by atoms with Gasteiger partial charge in [-0.05, 0) is 19.1 Å². The van der Waals surface area contributed by atoms with Gasteiger partial charge in [-0.2, -0.15) is 0 Å². The van der Waals surface area contributed by atoms with Gasteiger partial charge in [-0.1, -0.05) is 18.2 Å². The highest BCUT2D eigenvalue weighted by atomic mass is 16.1. The van der Waals surface area contributed by atoms with Crippen LogP contribution >= 0.6 is 0 Å². The van der Waals surface area contributed by atoms with Gasteiger partial charge in [-0.25, -0.2) is 4.98 Å². The fourth-order valence-corrected chi connectivity index (χ4v) is 1.76. The van der Waals surface area contributed by atoms with Crippen LogP contribution in [0.25, 0.3) is 10.9 Å². The number of fused-ring (bicyclic) bond motifs is 1. The molecule has 1 heterocycles. The number of carbonyl (C=O) groups is 1. The van der Waals surface area contributed by atoms with Crippen LogP contribution in [0.15, 0.2) is 30.3 Å². The molecular weight excluding hydrogens is 228 g/mol. The molecule has 1 atom stereocenters. The van der Waals surface area contributed by atoms with Crippen LogP contribution in [-0.2, 0) is 0 Å². The van der Waals surface area contributed by atoms with Crippen molar-refractivity contribution in [3.63, 3.8) is 0 Å². The smallest absolute Gasteiger partial charge is 0.249 e. The predicted octanol–water partition coefficient (Wildman–Crippen LogP) is 1.09. The number of anilines is 1. The number of hydrogen-bond donors (Lipinski definition) is 3. The number of nitrogens with one attached hydrogen (secondary N) is 1. The van der Waals surface area contributed by atoms with Crippen LogP contribution in [0.4, 0.5) is 5.82 Å². The summed E-state index contributed by atoms with van der Waals surface area (Å²) in [5.74, 6) is 0.150. The average molecular weight is 244 g/mol. The maximum atomic E-state index is 11.5. The molecule has 0 aliphatic heterocycles. The topological polar surface area (TPSA) is 94.0 Å². The first kappa shape index (κ1) is 12.3. The number of nitrogens with zero attached hydrogens (tertiary/aromatic N) is 1. The highest BCUT2D eigenvalue weighted by molar-refractivity contribution is 6.06. The lowest BCUT2D eigenvalue weighted by Gasteiger charge is -2.13. The van der Waals surface area contributed by atoms with Gasteiger partial charge < -0.3 is 16.8 Å². The quantitative estimate of drug-likeness (QED) is 0.750. The molecule has 2 aromatic rings. The van der Waals surface area contributed by atoms with Crippen LogP contribution in [0, 0.1) is 0 Å². The Morgan fingerprint density at radius 2 is 2.17 bits per heavy atom. The number of pyridine rings is 1. The number of benzene rings is 1. The molecular formula is C13H16N4O. The molecule has 1 amide bonds. The van der Waals surface area contributed by atoms with E-state index >= 15 is 0 Å². The van der Waals surface area contributed by atoms with Crippen molar-refractivity contribution in [2.24, 2.45) is 11.5 Å². The van der Waals surface area contributed by atoms with Gasteiger partial charge in [-0.3, -0.25) is 4.79 Å². The van der Waals surface area contributed by atoms with E-state index in [1.165, 1.54) is 0 Å². The molecule has 0 fully saturated rings. The molecule has 94 valence electrons. The molecule has 0 bridgehead atoms. The second kappa shape index (κ2) is 5.01. The van der Waals surface area contributed by atoms with Gasteiger partial charge in [0.15, 0.2) is 0 Å². The van der Waals surface area contributed by atoms with E-state index in [2.05, 4.69) is 10.3 Å². The number of hydrogen-bond acceptors (Lipinski definition) is 4. The van der Waals surface area contributed by atoms with Crippen LogP contribution in [0.3, 0.4) is 0 Å². The maximum Gasteiger partial charge on any atom is 0.249 e. The van der Waals surface area contributed by atoms with Crippen molar-refractivity contribution >= 4 is 22.6 Å². The monoisotopic (exact) mass is 244 g/mol. The number of amides is 1. The highest BCUT2D eigenvalue weighted by Crippen LogP contribution is 2.20. The van der Waals surface area contributed by atoms with Gasteiger partial charge in [0, 0.05) is 18.0 Å². The number of para-hydroxylation sites is 1. The normalized spacial score (nSPS) is 12.3. The Balaban J connectivity index is 2.54. The first-order valence-corrected chi connectivity index (χ1v) is 5.78. The Morgan fingerprint density at radius 1 is 1.44 bits per heavy atom. The fourth-order valence-electron chi connectivity index (χ4n) is 1.76. The maximum absolute atomic E-state index is 11.5. The standard InChI is InChI=1S/C13H16N4O/c1-8(7-14)16-12-6-10(13(15)18)9-4-2-3-5-11(9)17-12/h2-6,8H,7,14H2,1H3,(H2,15,18)(H,16,17). The Hall–Kier alpha value is -2.14. The van der Waals surface area contributed by atoms with Gasteiger partial charge in [0.05, 0.1) is 11.1 Å². The van der Waals surface area contributed by atoms with Crippen molar-refractivity contribution in [1.82, 2.24) is 4.98 Å². The molecule has 18 heavy (non-hydrogen) atoms. The third-order valence-electron chi connectivity index (χ3n) is 2.73. The molecule has 0 saturated carbocycles. The van der Waals surface area contributed by atoms with Gasteiger partial charge in [-0.15, -0.1) is 0 Å². The van der Waals surface area contributed by atoms with Crippen LogP contribution < -0.4 is 16.8 Å². The average Bonchev–Trinajstić information content (AvgIpc) is 2.37. The second-order valence-electron chi connectivity index (χ2n) is 4.22. The molecule has 0 saturated heterocycles. The van der Waals surface area contributed by atoms with E-state index < -0.39 is 5.91 Å². The minimum Gasteiger partial charge on any atom is -0.366 e. The van der Waals surface area contributed by atoms with Gasteiger partial charge in [0.25, 0.3) is 0 Å². The van der Waals surface area contributed by atoms with Crippen molar-refractivity contribution in [2.45, 2.75) is 13.0 Å². The number of nitrogens with two attached hydrogens (primary N) is 2. The lowest BCUT2D eigenvalue weighted by Crippen LogP contribution is -2.26. The lowest BCUT2D eigenvalue weighted by molar-refractivity contribution is 0.100. The summed E-state index contributed by atoms with van der Waals surface area (Å²) in [7, 11) is 0. The zero-order valence-corrected chi connectivity index (χ0v) is 10.2. The summed E-state index contributed by atoms with van der Waals surface area (Å²) in [5, 5.41) is 3.90.